The number of hydrogen-bond acceptors (Lipinski definition) is 3. The highest BCUT2D eigenvalue weighted by Gasteiger charge is 2.15. The first-order valence-electron chi connectivity index (χ1n) is 5.28. The molecule has 15 heavy (non-hydrogen) atoms. The summed E-state index contributed by atoms with van der Waals surface area (Å²) in [7, 11) is 1.70. The fourth-order valence-corrected chi connectivity index (χ4v) is 2.95. The van der Waals surface area contributed by atoms with Crippen LogP contribution in [0.5, 0.6) is 5.75 Å². The summed E-state index contributed by atoms with van der Waals surface area (Å²) >= 11 is 2.03. The number of nitrogens with one attached hydrogen (secondary N) is 1. The highest BCUT2D eigenvalue weighted by Crippen LogP contribution is 2.25. The van der Waals surface area contributed by atoms with Crippen LogP contribution in [-0.4, -0.2) is 24.7 Å². The van der Waals surface area contributed by atoms with Crippen LogP contribution in [0.3, 0.4) is 0 Å². The summed E-state index contributed by atoms with van der Waals surface area (Å²) in [5, 5.41) is 3.58. The van der Waals surface area contributed by atoms with Crippen molar-refractivity contribution in [2.75, 3.05) is 23.9 Å². The SMILES string of the molecule is COc1ccc(N[C@@H]2CCSC2)c(C)c1. The second kappa shape index (κ2) is 4.79. The molecule has 82 valence electrons. The van der Waals surface area contributed by atoms with Crippen LogP contribution in [0.2, 0.25) is 0 Å². The van der Waals surface area contributed by atoms with Crippen molar-refractivity contribution >= 4 is 17.4 Å². The summed E-state index contributed by atoms with van der Waals surface area (Å²) in [4.78, 5) is 0. The van der Waals surface area contributed by atoms with E-state index in [1.54, 1.807) is 7.11 Å². The Morgan fingerprint density at radius 1 is 1.47 bits per heavy atom. The van der Waals surface area contributed by atoms with Crippen LogP contribution in [0.15, 0.2) is 18.2 Å². The van der Waals surface area contributed by atoms with Crippen molar-refractivity contribution in [3.05, 3.63) is 23.8 Å². The number of thioether (sulfide) groups is 1. The first-order chi connectivity index (χ1) is 7.29. The third kappa shape index (κ3) is 2.59. The highest BCUT2D eigenvalue weighted by molar-refractivity contribution is 7.99. The molecule has 0 radical (unpaired) electrons. The summed E-state index contributed by atoms with van der Waals surface area (Å²) in [5.74, 6) is 3.44. The molecule has 1 atom stereocenters. The lowest BCUT2D eigenvalue weighted by molar-refractivity contribution is 0.414. The summed E-state index contributed by atoms with van der Waals surface area (Å²) in [6.45, 7) is 2.12. The van der Waals surface area contributed by atoms with E-state index in [2.05, 4.69) is 24.4 Å². The minimum Gasteiger partial charge on any atom is -0.497 e. The highest BCUT2D eigenvalue weighted by atomic mass is 32.2. The van der Waals surface area contributed by atoms with Crippen molar-refractivity contribution in [3.63, 3.8) is 0 Å². The van der Waals surface area contributed by atoms with E-state index in [9.17, 15) is 0 Å². The third-order valence-electron chi connectivity index (χ3n) is 2.72. The normalized spacial score (nSPS) is 20.3. The molecule has 1 fully saturated rings. The van der Waals surface area contributed by atoms with Gasteiger partial charge in [-0.3, -0.25) is 0 Å². The Labute approximate surface area is 95.4 Å². The summed E-state index contributed by atoms with van der Waals surface area (Å²) in [6.07, 6.45) is 1.27. The van der Waals surface area contributed by atoms with Gasteiger partial charge in [0.15, 0.2) is 0 Å². The van der Waals surface area contributed by atoms with Gasteiger partial charge in [-0.2, -0.15) is 11.8 Å². The molecule has 3 heteroatoms. The fourth-order valence-electron chi connectivity index (χ4n) is 1.79. The molecule has 0 aromatic heterocycles. The van der Waals surface area contributed by atoms with Gasteiger partial charge in [0.05, 0.1) is 7.11 Å². The molecular weight excluding hydrogens is 206 g/mol. The van der Waals surface area contributed by atoms with Gasteiger partial charge in [-0.25, -0.2) is 0 Å². The zero-order valence-electron chi connectivity index (χ0n) is 9.25. The first kappa shape index (κ1) is 10.7. The van der Waals surface area contributed by atoms with Gasteiger partial charge in [0.1, 0.15) is 5.75 Å². The van der Waals surface area contributed by atoms with Crippen molar-refractivity contribution in [1.82, 2.24) is 0 Å². The summed E-state index contributed by atoms with van der Waals surface area (Å²) in [5.41, 5.74) is 2.49. The molecule has 1 aliphatic rings. The average Bonchev–Trinajstić information content (AvgIpc) is 2.74. The van der Waals surface area contributed by atoms with Gasteiger partial charge in [-0.1, -0.05) is 0 Å². The second-order valence-corrected chi connectivity index (χ2v) is 5.04. The number of ether oxygens (including phenoxy) is 1. The quantitative estimate of drug-likeness (QED) is 0.851. The van der Waals surface area contributed by atoms with E-state index in [1.807, 2.05) is 17.8 Å². The van der Waals surface area contributed by atoms with E-state index in [0.29, 0.717) is 6.04 Å². The molecule has 1 aliphatic heterocycles. The lowest BCUT2D eigenvalue weighted by Gasteiger charge is -2.15. The Bertz CT molecular complexity index is 334. The van der Waals surface area contributed by atoms with Crippen LogP contribution in [-0.2, 0) is 0 Å². The molecule has 1 heterocycles. The van der Waals surface area contributed by atoms with Crippen LogP contribution in [0.1, 0.15) is 12.0 Å². The standard InChI is InChI=1S/C12H17NOS/c1-9-7-11(14-2)3-4-12(9)13-10-5-6-15-8-10/h3-4,7,10,13H,5-6,8H2,1-2H3/t10-/m1/s1. The van der Waals surface area contributed by atoms with Crippen LogP contribution >= 0.6 is 11.8 Å². The molecule has 1 saturated heterocycles. The lowest BCUT2D eigenvalue weighted by Crippen LogP contribution is -2.18. The first-order valence-corrected chi connectivity index (χ1v) is 6.44. The maximum absolute atomic E-state index is 5.19. The summed E-state index contributed by atoms with van der Waals surface area (Å²) in [6, 6.07) is 6.83. The monoisotopic (exact) mass is 223 g/mol. The minimum absolute atomic E-state index is 0.641. The fraction of sp³-hybridized carbons (Fsp3) is 0.500. The molecular formula is C12H17NOS. The van der Waals surface area contributed by atoms with Gasteiger partial charge in [-0.05, 0) is 42.9 Å². The Hall–Kier alpha value is -0.830. The molecule has 1 aromatic rings. The Morgan fingerprint density at radius 3 is 2.93 bits per heavy atom. The Kier molecular flexibility index (Phi) is 3.41. The van der Waals surface area contributed by atoms with Crippen molar-refractivity contribution in [2.24, 2.45) is 0 Å². The van der Waals surface area contributed by atoms with Crippen LogP contribution < -0.4 is 10.1 Å². The van der Waals surface area contributed by atoms with Gasteiger partial charge >= 0.3 is 0 Å². The lowest BCUT2D eigenvalue weighted by atomic mass is 10.1. The van der Waals surface area contributed by atoms with Crippen LogP contribution in [0.4, 0.5) is 5.69 Å². The average molecular weight is 223 g/mol. The van der Waals surface area contributed by atoms with Crippen molar-refractivity contribution in [3.8, 4) is 5.75 Å². The molecule has 0 saturated carbocycles. The number of hydrogen-bond donors (Lipinski definition) is 1. The molecule has 2 rings (SSSR count). The number of aryl methyl sites for hydroxylation is 1. The molecule has 0 aliphatic carbocycles. The predicted octanol–water partition coefficient (Wildman–Crippen LogP) is 2.92. The molecule has 0 bridgehead atoms. The Morgan fingerprint density at radius 2 is 2.33 bits per heavy atom. The topological polar surface area (TPSA) is 21.3 Å². The van der Waals surface area contributed by atoms with E-state index >= 15 is 0 Å². The zero-order valence-corrected chi connectivity index (χ0v) is 10.1. The van der Waals surface area contributed by atoms with Crippen molar-refractivity contribution in [2.45, 2.75) is 19.4 Å². The van der Waals surface area contributed by atoms with E-state index in [1.165, 1.54) is 29.2 Å². The van der Waals surface area contributed by atoms with Gasteiger partial charge in [0.25, 0.3) is 0 Å². The van der Waals surface area contributed by atoms with Crippen molar-refractivity contribution in [1.29, 1.82) is 0 Å². The number of anilines is 1. The number of methoxy groups -OCH3 is 1. The maximum Gasteiger partial charge on any atom is 0.119 e. The van der Waals surface area contributed by atoms with E-state index in [-0.39, 0.29) is 0 Å². The maximum atomic E-state index is 5.19. The molecule has 0 amide bonds. The number of rotatable bonds is 3. The smallest absolute Gasteiger partial charge is 0.119 e. The van der Waals surface area contributed by atoms with Crippen LogP contribution in [0.25, 0.3) is 0 Å². The van der Waals surface area contributed by atoms with E-state index in [0.717, 1.165) is 5.75 Å². The number of benzene rings is 1. The van der Waals surface area contributed by atoms with Crippen molar-refractivity contribution < 1.29 is 4.74 Å². The molecule has 0 unspecified atom stereocenters. The van der Waals surface area contributed by atoms with Gasteiger partial charge < -0.3 is 10.1 Å². The molecule has 1 N–H and O–H groups in total. The van der Waals surface area contributed by atoms with E-state index < -0.39 is 0 Å². The Balaban J connectivity index is 2.07. The largest absolute Gasteiger partial charge is 0.497 e. The summed E-state index contributed by atoms with van der Waals surface area (Å²) < 4.78 is 5.19. The van der Waals surface area contributed by atoms with Gasteiger partial charge in [0, 0.05) is 17.5 Å². The van der Waals surface area contributed by atoms with Gasteiger partial charge in [-0.15, -0.1) is 0 Å². The second-order valence-electron chi connectivity index (χ2n) is 3.89. The molecule has 1 aromatic carbocycles. The molecule has 2 nitrogen and oxygen atoms in total. The zero-order chi connectivity index (χ0) is 10.7. The van der Waals surface area contributed by atoms with Gasteiger partial charge in [0.2, 0.25) is 0 Å². The predicted molar refractivity (Wildman–Crippen MR) is 67.1 cm³/mol. The minimum atomic E-state index is 0.641. The van der Waals surface area contributed by atoms with E-state index in [4.69, 9.17) is 4.74 Å². The molecule has 0 spiro atoms. The van der Waals surface area contributed by atoms with Crippen LogP contribution in [0, 0.1) is 6.92 Å². The third-order valence-corrected chi connectivity index (χ3v) is 3.89.